The number of fused-ring (bicyclic) bond motifs is 1. The van der Waals surface area contributed by atoms with Gasteiger partial charge in [-0.2, -0.15) is 13.2 Å². The van der Waals surface area contributed by atoms with Gasteiger partial charge in [-0.25, -0.2) is 23.7 Å². The van der Waals surface area contributed by atoms with E-state index in [9.17, 15) is 22.0 Å². The van der Waals surface area contributed by atoms with Crippen molar-refractivity contribution < 1.29 is 26.4 Å². The molecule has 0 unspecified atom stereocenters. The van der Waals surface area contributed by atoms with Crippen LogP contribution in [-0.2, 0) is 6.42 Å². The summed E-state index contributed by atoms with van der Waals surface area (Å²) in [7, 11) is 0. The van der Waals surface area contributed by atoms with Crippen LogP contribution in [0.4, 0.5) is 22.0 Å². The van der Waals surface area contributed by atoms with Crippen LogP contribution in [0.1, 0.15) is 31.9 Å². The van der Waals surface area contributed by atoms with Crippen LogP contribution in [-0.4, -0.2) is 25.5 Å². The second kappa shape index (κ2) is 7.44. The highest BCUT2D eigenvalue weighted by atomic mass is 19.4. The van der Waals surface area contributed by atoms with Crippen LogP contribution in [0, 0.1) is 5.41 Å². The fourth-order valence-electron chi connectivity index (χ4n) is 3.07. The van der Waals surface area contributed by atoms with E-state index in [0.717, 1.165) is 19.9 Å². The fourth-order valence-corrected chi connectivity index (χ4v) is 3.07. The summed E-state index contributed by atoms with van der Waals surface area (Å²) >= 11 is 0. The molecule has 0 fully saturated rings. The summed E-state index contributed by atoms with van der Waals surface area (Å²) in [6, 6.07) is 5.91. The summed E-state index contributed by atoms with van der Waals surface area (Å²) in [4.78, 5) is 12.2. The zero-order valence-corrected chi connectivity index (χ0v) is 16.5. The molecule has 0 radical (unpaired) electrons. The quantitative estimate of drug-likeness (QED) is 0.354. The number of alkyl halides is 5. The van der Waals surface area contributed by atoms with Crippen LogP contribution >= 0.6 is 0 Å². The van der Waals surface area contributed by atoms with E-state index in [1.807, 2.05) is 0 Å². The molecule has 0 aromatic carbocycles. The molecule has 4 aromatic rings. The first-order valence-corrected chi connectivity index (χ1v) is 9.29. The molecule has 0 aliphatic rings. The SMILES string of the molecule is CC(C)(Cc1ncc(-c2ccc(C(F)F)nc2-c2ccn3ccnc3c2)o1)C(F)(F)F. The summed E-state index contributed by atoms with van der Waals surface area (Å²) in [6.45, 7) is 2.11. The third-order valence-corrected chi connectivity index (χ3v) is 4.99. The molecule has 0 aliphatic carbocycles. The van der Waals surface area contributed by atoms with Crippen molar-refractivity contribution in [1.82, 2.24) is 19.4 Å². The van der Waals surface area contributed by atoms with Crippen LogP contribution in [0.3, 0.4) is 0 Å². The predicted molar refractivity (Wildman–Crippen MR) is 102 cm³/mol. The maximum atomic E-state index is 13.3. The number of rotatable bonds is 5. The van der Waals surface area contributed by atoms with E-state index in [1.54, 1.807) is 35.1 Å². The number of halogens is 5. The van der Waals surface area contributed by atoms with E-state index in [4.69, 9.17) is 4.42 Å². The van der Waals surface area contributed by atoms with Gasteiger partial charge in [0.1, 0.15) is 11.3 Å². The first-order valence-electron chi connectivity index (χ1n) is 9.29. The molecule has 31 heavy (non-hydrogen) atoms. The number of hydrogen-bond donors (Lipinski definition) is 0. The van der Waals surface area contributed by atoms with Crippen LogP contribution in [0.15, 0.2) is 53.5 Å². The molecule has 0 aliphatic heterocycles. The minimum Gasteiger partial charge on any atom is -0.441 e. The Labute approximate surface area is 173 Å². The zero-order chi connectivity index (χ0) is 22.4. The summed E-state index contributed by atoms with van der Waals surface area (Å²) in [5.74, 6) is 0.0319. The molecule has 0 bridgehead atoms. The minimum absolute atomic E-state index is 0.107. The molecule has 0 saturated heterocycles. The van der Waals surface area contributed by atoms with Crippen LogP contribution in [0.5, 0.6) is 0 Å². The van der Waals surface area contributed by atoms with Gasteiger partial charge in [0.2, 0.25) is 0 Å². The number of pyridine rings is 2. The van der Waals surface area contributed by atoms with Crippen molar-refractivity contribution in [2.24, 2.45) is 5.41 Å². The number of aromatic nitrogens is 4. The predicted octanol–water partition coefficient (Wildman–Crippen LogP) is 6.12. The lowest BCUT2D eigenvalue weighted by molar-refractivity contribution is -0.212. The van der Waals surface area contributed by atoms with Gasteiger partial charge < -0.3 is 8.82 Å². The van der Waals surface area contributed by atoms with Gasteiger partial charge in [-0.15, -0.1) is 0 Å². The smallest absolute Gasteiger partial charge is 0.394 e. The number of hydrogen-bond acceptors (Lipinski definition) is 4. The molecule has 0 atom stereocenters. The number of oxazole rings is 1. The van der Waals surface area contributed by atoms with Gasteiger partial charge in [-0.1, -0.05) is 13.8 Å². The number of nitrogens with zero attached hydrogens (tertiary/aromatic N) is 4. The van der Waals surface area contributed by atoms with Crippen molar-refractivity contribution in [3.63, 3.8) is 0 Å². The van der Waals surface area contributed by atoms with E-state index in [1.165, 1.54) is 12.3 Å². The number of imidazole rings is 1. The van der Waals surface area contributed by atoms with Gasteiger partial charge >= 0.3 is 6.18 Å². The van der Waals surface area contributed by atoms with Gasteiger partial charge in [-0.3, -0.25) is 0 Å². The third-order valence-electron chi connectivity index (χ3n) is 4.99. The highest BCUT2D eigenvalue weighted by Gasteiger charge is 2.48. The van der Waals surface area contributed by atoms with Crippen molar-refractivity contribution in [1.29, 1.82) is 0 Å². The lowest BCUT2D eigenvalue weighted by Crippen LogP contribution is -2.34. The molecular weight excluding hydrogens is 419 g/mol. The first-order chi connectivity index (χ1) is 14.5. The lowest BCUT2D eigenvalue weighted by atomic mass is 9.88. The molecule has 0 amide bonds. The molecule has 4 heterocycles. The molecule has 4 aromatic heterocycles. The Morgan fingerprint density at radius 2 is 1.84 bits per heavy atom. The minimum atomic E-state index is -4.44. The van der Waals surface area contributed by atoms with E-state index in [2.05, 4.69) is 15.0 Å². The van der Waals surface area contributed by atoms with Crippen LogP contribution in [0.2, 0.25) is 0 Å². The molecule has 0 spiro atoms. The summed E-state index contributed by atoms with van der Waals surface area (Å²) in [5, 5.41) is 0. The fraction of sp³-hybridized carbons (Fsp3) is 0.286. The Bertz CT molecular complexity index is 1230. The standard InChI is InChI=1S/C21H17F5N4O/c1-20(2,21(24,25)26)10-17-28-11-15(31-17)13-3-4-14(19(22)23)29-18(13)12-5-7-30-8-6-27-16(30)9-12/h3-9,11,19H,10H2,1-2H3. The average molecular weight is 436 g/mol. The zero-order valence-electron chi connectivity index (χ0n) is 16.5. The van der Waals surface area contributed by atoms with E-state index in [-0.39, 0.29) is 17.3 Å². The van der Waals surface area contributed by atoms with Gasteiger partial charge in [0.25, 0.3) is 6.43 Å². The van der Waals surface area contributed by atoms with Crippen molar-refractivity contribution in [2.45, 2.75) is 32.9 Å². The molecule has 0 N–H and O–H groups in total. The molecule has 4 rings (SSSR count). The highest BCUT2D eigenvalue weighted by Crippen LogP contribution is 2.41. The van der Waals surface area contributed by atoms with Gasteiger partial charge in [-0.05, 0) is 24.3 Å². The second-order valence-electron chi connectivity index (χ2n) is 7.72. The Morgan fingerprint density at radius 1 is 1.06 bits per heavy atom. The Kier molecular flexibility index (Phi) is 5.03. The Balaban J connectivity index is 1.78. The first kappa shape index (κ1) is 21.0. The van der Waals surface area contributed by atoms with E-state index in [0.29, 0.717) is 16.8 Å². The molecule has 162 valence electrons. The summed E-state index contributed by atoms with van der Waals surface area (Å²) in [6.07, 6.45) is -1.39. The van der Waals surface area contributed by atoms with Crippen molar-refractivity contribution in [3.05, 3.63) is 60.6 Å². The lowest BCUT2D eigenvalue weighted by Gasteiger charge is -2.25. The van der Waals surface area contributed by atoms with Crippen molar-refractivity contribution >= 4 is 5.65 Å². The largest absolute Gasteiger partial charge is 0.441 e. The normalized spacial score (nSPS) is 12.8. The van der Waals surface area contributed by atoms with Crippen molar-refractivity contribution in [2.75, 3.05) is 0 Å². The summed E-state index contributed by atoms with van der Waals surface area (Å²) < 4.78 is 73.5. The van der Waals surface area contributed by atoms with E-state index < -0.39 is 30.1 Å². The van der Waals surface area contributed by atoms with Crippen LogP contribution in [0.25, 0.3) is 28.2 Å². The average Bonchev–Trinajstić information content (AvgIpc) is 3.34. The van der Waals surface area contributed by atoms with E-state index >= 15 is 0 Å². The molecule has 5 nitrogen and oxygen atoms in total. The Morgan fingerprint density at radius 3 is 2.55 bits per heavy atom. The van der Waals surface area contributed by atoms with Gasteiger partial charge in [0.15, 0.2) is 11.7 Å². The Hall–Kier alpha value is -3.30. The van der Waals surface area contributed by atoms with Crippen molar-refractivity contribution in [3.8, 4) is 22.6 Å². The second-order valence-corrected chi connectivity index (χ2v) is 7.72. The maximum Gasteiger partial charge on any atom is 0.394 e. The van der Waals surface area contributed by atoms with Crippen LogP contribution < -0.4 is 0 Å². The maximum absolute atomic E-state index is 13.3. The monoisotopic (exact) mass is 436 g/mol. The summed E-state index contributed by atoms with van der Waals surface area (Å²) in [5.41, 5.74) is -0.853. The molecular formula is C21H17F5N4O. The van der Waals surface area contributed by atoms with Gasteiger partial charge in [0, 0.05) is 36.1 Å². The van der Waals surface area contributed by atoms with Gasteiger partial charge in [0.05, 0.1) is 17.3 Å². The molecule has 0 saturated carbocycles. The molecule has 10 heteroatoms. The topological polar surface area (TPSA) is 56.2 Å². The third kappa shape index (κ3) is 4.01. The highest BCUT2D eigenvalue weighted by molar-refractivity contribution is 5.79.